The fraction of sp³-hybridized carbons (Fsp3) is 0.400. The SMILES string of the molecule is COc1ccc2c(c1)CCN(C1CCN(C(=O)CCC(=O)c3cc(Br)c(N)c(Br)c3)CC1)C(=O)N2. The normalized spacial score (nSPS) is 16.4. The first-order chi connectivity index (χ1) is 16.8. The Bertz CT molecular complexity index is 1130. The van der Waals surface area contributed by atoms with Crippen molar-refractivity contribution in [2.24, 2.45) is 0 Å². The number of halogens is 2. The molecule has 2 heterocycles. The zero-order valence-electron chi connectivity index (χ0n) is 19.5. The van der Waals surface area contributed by atoms with Crippen LogP contribution in [0.4, 0.5) is 16.2 Å². The van der Waals surface area contributed by atoms with E-state index in [1.54, 1.807) is 24.1 Å². The lowest BCUT2D eigenvalue weighted by atomic mass is 10.0. The summed E-state index contributed by atoms with van der Waals surface area (Å²) < 4.78 is 6.59. The van der Waals surface area contributed by atoms with Gasteiger partial charge in [0.25, 0.3) is 0 Å². The summed E-state index contributed by atoms with van der Waals surface area (Å²) in [5, 5.41) is 3.01. The van der Waals surface area contributed by atoms with Crippen LogP contribution < -0.4 is 15.8 Å². The number of nitrogen functional groups attached to an aromatic ring is 1. The summed E-state index contributed by atoms with van der Waals surface area (Å²) in [7, 11) is 1.63. The van der Waals surface area contributed by atoms with Crippen LogP contribution >= 0.6 is 31.9 Å². The molecule has 0 radical (unpaired) electrons. The van der Waals surface area contributed by atoms with E-state index in [1.807, 2.05) is 23.1 Å². The summed E-state index contributed by atoms with van der Waals surface area (Å²) in [4.78, 5) is 41.9. The van der Waals surface area contributed by atoms with E-state index in [1.165, 1.54) is 0 Å². The van der Waals surface area contributed by atoms with E-state index in [4.69, 9.17) is 10.5 Å². The van der Waals surface area contributed by atoms with Crippen molar-refractivity contribution in [2.75, 3.05) is 37.8 Å². The minimum absolute atomic E-state index is 0.0369. The highest BCUT2D eigenvalue weighted by atomic mass is 79.9. The van der Waals surface area contributed by atoms with E-state index >= 15 is 0 Å². The number of urea groups is 1. The number of ketones is 1. The Balaban J connectivity index is 1.28. The summed E-state index contributed by atoms with van der Waals surface area (Å²) >= 11 is 6.70. The fourth-order valence-corrected chi connectivity index (χ4v) is 5.79. The molecule has 0 spiro atoms. The molecule has 10 heteroatoms. The zero-order chi connectivity index (χ0) is 25.1. The number of nitrogens with two attached hydrogens (primary N) is 1. The molecule has 2 aliphatic heterocycles. The van der Waals surface area contributed by atoms with Crippen LogP contribution in [0.2, 0.25) is 0 Å². The molecule has 4 rings (SSSR count). The van der Waals surface area contributed by atoms with Gasteiger partial charge in [-0.15, -0.1) is 0 Å². The van der Waals surface area contributed by atoms with Crippen molar-refractivity contribution in [2.45, 2.75) is 38.1 Å². The van der Waals surface area contributed by atoms with Crippen molar-refractivity contribution in [3.63, 3.8) is 0 Å². The van der Waals surface area contributed by atoms with E-state index < -0.39 is 0 Å². The number of fused-ring (bicyclic) bond motifs is 1. The molecule has 35 heavy (non-hydrogen) atoms. The summed E-state index contributed by atoms with van der Waals surface area (Å²) in [6, 6.07) is 9.00. The van der Waals surface area contributed by atoms with E-state index in [2.05, 4.69) is 37.2 Å². The van der Waals surface area contributed by atoms with E-state index in [9.17, 15) is 14.4 Å². The quantitative estimate of drug-likeness (QED) is 0.361. The van der Waals surface area contributed by atoms with Crippen molar-refractivity contribution < 1.29 is 19.1 Å². The molecule has 8 nitrogen and oxygen atoms in total. The number of carbonyl (C=O) groups is 3. The van der Waals surface area contributed by atoms with Gasteiger partial charge in [-0.1, -0.05) is 0 Å². The van der Waals surface area contributed by atoms with Crippen LogP contribution in [-0.2, 0) is 11.2 Å². The van der Waals surface area contributed by atoms with Gasteiger partial charge >= 0.3 is 6.03 Å². The minimum Gasteiger partial charge on any atom is -0.497 e. The lowest BCUT2D eigenvalue weighted by Gasteiger charge is -2.38. The smallest absolute Gasteiger partial charge is 0.322 e. The highest BCUT2D eigenvalue weighted by Gasteiger charge is 2.31. The molecular weight excluding hydrogens is 580 g/mol. The van der Waals surface area contributed by atoms with Gasteiger partial charge in [0.05, 0.1) is 12.8 Å². The van der Waals surface area contributed by atoms with Gasteiger partial charge in [0.2, 0.25) is 5.91 Å². The summed E-state index contributed by atoms with van der Waals surface area (Å²) in [5.74, 6) is 0.630. The topological polar surface area (TPSA) is 105 Å². The maximum atomic E-state index is 12.9. The predicted molar refractivity (Wildman–Crippen MR) is 142 cm³/mol. The molecule has 186 valence electrons. The molecule has 2 aromatic carbocycles. The van der Waals surface area contributed by atoms with Crippen molar-refractivity contribution in [3.05, 3.63) is 50.4 Å². The van der Waals surface area contributed by atoms with Crippen molar-refractivity contribution in [1.29, 1.82) is 0 Å². The van der Waals surface area contributed by atoms with E-state index in [0.29, 0.717) is 52.7 Å². The molecule has 0 aromatic heterocycles. The van der Waals surface area contributed by atoms with Gasteiger partial charge in [0.15, 0.2) is 5.78 Å². The van der Waals surface area contributed by atoms with Crippen molar-refractivity contribution >= 4 is 61.0 Å². The number of anilines is 2. The Morgan fingerprint density at radius 2 is 1.77 bits per heavy atom. The number of hydrogen-bond donors (Lipinski definition) is 2. The zero-order valence-corrected chi connectivity index (χ0v) is 22.7. The molecule has 1 saturated heterocycles. The molecule has 2 aliphatic rings. The average molecular weight is 608 g/mol. The van der Waals surface area contributed by atoms with Crippen LogP contribution in [0.1, 0.15) is 41.6 Å². The second-order valence-electron chi connectivity index (χ2n) is 8.79. The molecule has 3 amide bonds. The number of carbonyl (C=O) groups excluding carboxylic acids is 3. The van der Waals surface area contributed by atoms with Gasteiger partial charge in [0, 0.05) is 58.7 Å². The maximum Gasteiger partial charge on any atom is 0.322 e. The van der Waals surface area contributed by atoms with Crippen molar-refractivity contribution in [3.8, 4) is 5.75 Å². The number of nitrogens with zero attached hydrogens (tertiary/aromatic N) is 2. The second-order valence-corrected chi connectivity index (χ2v) is 10.5. The molecule has 0 aliphatic carbocycles. The van der Waals surface area contributed by atoms with Gasteiger partial charge in [0.1, 0.15) is 5.75 Å². The van der Waals surface area contributed by atoms with Gasteiger partial charge in [-0.3, -0.25) is 9.59 Å². The third kappa shape index (κ3) is 5.81. The lowest BCUT2D eigenvalue weighted by Crippen LogP contribution is -2.50. The van der Waals surface area contributed by atoms with Gasteiger partial charge in [-0.25, -0.2) is 4.79 Å². The molecule has 3 N–H and O–H groups in total. The largest absolute Gasteiger partial charge is 0.497 e. The summed E-state index contributed by atoms with van der Waals surface area (Å²) in [5.41, 5.74) is 8.80. The number of rotatable bonds is 6. The van der Waals surface area contributed by atoms with Crippen molar-refractivity contribution in [1.82, 2.24) is 9.80 Å². The Hall–Kier alpha value is -2.59. The molecular formula is C25H28Br2N4O4. The van der Waals surface area contributed by atoms with Crippen LogP contribution in [0, 0.1) is 0 Å². The molecule has 1 fully saturated rings. The van der Waals surface area contributed by atoms with E-state index in [0.717, 1.165) is 23.4 Å². The van der Waals surface area contributed by atoms with Gasteiger partial charge in [-0.2, -0.15) is 0 Å². The molecule has 0 atom stereocenters. The third-order valence-corrected chi connectivity index (χ3v) is 7.97. The Morgan fingerprint density at radius 1 is 1.09 bits per heavy atom. The molecule has 0 bridgehead atoms. The number of benzene rings is 2. The number of Topliss-reactive ketones (excluding diaryl/α,β-unsaturated/α-hetero) is 1. The number of methoxy groups -OCH3 is 1. The van der Waals surface area contributed by atoms with E-state index in [-0.39, 0.29) is 36.6 Å². The number of nitrogens with one attached hydrogen (secondary N) is 1. The first-order valence-corrected chi connectivity index (χ1v) is 13.2. The average Bonchev–Trinajstić information content (AvgIpc) is 3.02. The van der Waals surface area contributed by atoms with Gasteiger partial charge < -0.3 is 25.6 Å². The van der Waals surface area contributed by atoms with Crippen LogP contribution in [0.3, 0.4) is 0 Å². The summed E-state index contributed by atoms with van der Waals surface area (Å²) in [6.07, 6.45) is 2.46. The molecule has 2 aromatic rings. The minimum atomic E-state index is -0.106. The summed E-state index contributed by atoms with van der Waals surface area (Å²) in [6.45, 7) is 1.76. The first kappa shape index (κ1) is 25.5. The number of ether oxygens (including phenoxy) is 1. The number of amides is 3. The number of hydrogen-bond acceptors (Lipinski definition) is 5. The molecule has 0 unspecified atom stereocenters. The third-order valence-electron chi connectivity index (χ3n) is 6.66. The highest BCUT2D eigenvalue weighted by molar-refractivity contribution is 9.11. The van der Waals surface area contributed by atoms with Crippen LogP contribution in [0.15, 0.2) is 39.3 Å². The Labute approximate surface area is 221 Å². The highest BCUT2D eigenvalue weighted by Crippen LogP contribution is 2.31. The Morgan fingerprint density at radius 3 is 2.43 bits per heavy atom. The maximum absolute atomic E-state index is 12.9. The second kappa shape index (κ2) is 11.0. The number of piperidine rings is 1. The van der Waals surface area contributed by atoms with Crippen LogP contribution in [0.25, 0.3) is 0 Å². The first-order valence-electron chi connectivity index (χ1n) is 11.6. The Kier molecular flexibility index (Phi) is 8.01. The predicted octanol–water partition coefficient (Wildman–Crippen LogP) is 4.85. The standard InChI is InChI=1S/C25H28Br2N4O4/c1-35-18-2-3-21-15(12-18)6-11-31(25(34)29-21)17-7-9-30(10-8-17)23(33)5-4-22(32)16-13-19(26)24(28)20(27)14-16/h2-3,12-14,17H,4-11,28H2,1H3,(H,29,34). The molecule has 0 saturated carbocycles. The fourth-order valence-electron chi connectivity index (χ4n) is 4.60. The van der Waals surface area contributed by atoms with Crippen LogP contribution in [-0.4, -0.2) is 60.3 Å². The lowest BCUT2D eigenvalue weighted by molar-refractivity contribution is -0.132. The van der Waals surface area contributed by atoms with Gasteiger partial charge in [-0.05, 0) is 87.0 Å². The van der Waals surface area contributed by atoms with Crippen LogP contribution in [0.5, 0.6) is 5.75 Å². The monoisotopic (exact) mass is 606 g/mol. The number of likely N-dealkylation sites (tertiary alicyclic amines) is 1.